The Hall–Kier alpha value is -2.79. The van der Waals surface area contributed by atoms with Crippen molar-refractivity contribution in [2.45, 2.75) is 13.0 Å². The van der Waals surface area contributed by atoms with Crippen molar-refractivity contribution in [1.29, 1.82) is 0 Å². The van der Waals surface area contributed by atoms with Crippen molar-refractivity contribution in [3.05, 3.63) is 83.0 Å². The van der Waals surface area contributed by atoms with Gasteiger partial charge in [-0.2, -0.15) is 0 Å². The Bertz CT molecular complexity index is 784. The predicted octanol–water partition coefficient (Wildman–Crippen LogP) is 4.67. The normalized spacial score (nSPS) is 10.4. The summed E-state index contributed by atoms with van der Waals surface area (Å²) in [5.74, 6) is 0. The number of ether oxygens (including phenoxy) is 1. The van der Waals surface area contributed by atoms with E-state index in [0.717, 1.165) is 16.8 Å². The van der Waals surface area contributed by atoms with Gasteiger partial charge in [0.15, 0.2) is 6.39 Å². The minimum Gasteiger partial charge on any atom is -0.451 e. The quantitative estimate of drug-likeness (QED) is 0.732. The summed E-state index contributed by atoms with van der Waals surface area (Å²) in [6.45, 7) is 0.188. The van der Waals surface area contributed by atoms with E-state index < -0.39 is 6.09 Å². The minimum atomic E-state index is -0.505. The van der Waals surface area contributed by atoms with Crippen molar-refractivity contribution in [3.8, 4) is 0 Å². The summed E-state index contributed by atoms with van der Waals surface area (Å²) in [6.07, 6.45) is 3.19. The number of hydrogen-bond donors (Lipinski definition) is 1. The van der Waals surface area contributed by atoms with Crippen LogP contribution >= 0.6 is 11.6 Å². The summed E-state index contributed by atoms with van der Waals surface area (Å²) in [5.41, 5.74) is 3.47. The van der Waals surface area contributed by atoms with Gasteiger partial charge in [-0.05, 0) is 35.4 Å². The van der Waals surface area contributed by atoms with Gasteiger partial charge in [-0.25, -0.2) is 9.78 Å². The van der Waals surface area contributed by atoms with E-state index in [9.17, 15) is 4.79 Å². The number of halogens is 1. The zero-order valence-corrected chi connectivity index (χ0v) is 13.5. The first kappa shape index (κ1) is 16.1. The number of rotatable bonds is 5. The average molecular weight is 343 g/mol. The Kier molecular flexibility index (Phi) is 5.13. The lowest BCUT2D eigenvalue weighted by atomic mass is 10.1. The number of hydrogen-bond acceptors (Lipinski definition) is 4. The molecule has 3 rings (SSSR count). The van der Waals surface area contributed by atoms with Crippen molar-refractivity contribution in [2.24, 2.45) is 0 Å². The SMILES string of the molecule is O=C(Nc1ccc(Cc2cocn2)cc1)OCc1ccc(Cl)cc1. The van der Waals surface area contributed by atoms with Crippen LogP contribution in [0.25, 0.3) is 0 Å². The van der Waals surface area contributed by atoms with Gasteiger partial charge in [0.1, 0.15) is 12.9 Å². The van der Waals surface area contributed by atoms with E-state index in [1.165, 1.54) is 6.39 Å². The standard InChI is InChI=1S/C18H15ClN2O3/c19-15-5-1-14(2-6-15)10-24-18(22)21-16-7-3-13(4-8-16)9-17-11-23-12-20-17/h1-8,11-12H,9-10H2,(H,21,22). The molecule has 6 heteroatoms. The molecule has 2 aromatic carbocycles. The number of carbonyl (C=O) groups is 1. The Morgan fingerprint density at radius 1 is 1.08 bits per heavy atom. The van der Waals surface area contributed by atoms with Gasteiger partial charge < -0.3 is 9.15 Å². The molecule has 122 valence electrons. The molecule has 1 N–H and O–H groups in total. The zero-order valence-electron chi connectivity index (χ0n) is 12.7. The fourth-order valence-electron chi connectivity index (χ4n) is 2.12. The molecule has 0 bridgehead atoms. The van der Waals surface area contributed by atoms with Gasteiger partial charge in [0.25, 0.3) is 0 Å². The number of aromatic nitrogens is 1. The first-order valence-corrected chi connectivity index (χ1v) is 7.71. The van der Waals surface area contributed by atoms with Gasteiger partial charge in [-0.1, -0.05) is 35.9 Å². The predicted molar refractivity (Wildman–Crippen MR) is 91.0 cm³/mol. The van der Waals surface area contributed by atoms with Crippen LogP contribution in [0, 0.1) is 0 Å². The molecule has 1 aromatic heterocycles. The Labute approximate surface area is 144 Å². The lowest BCUT2D eigenvalue weighted by Crippen LogP contribution is -2.13. The fourth-order valence-corrected chi connectivity index (χ4v) is 2.25. The van der Waals surface area contributed by atoms with Gasteiger partial charge >= 0.3 is 6.09 Å². The number of anilines is 1. The smallest absolute Gasteiger partial charge is 0.411 e. The highest BCUT2D eigenvalue weighted by Gasteiger charge is 2.05. The van der Waals surface area contributed by atoms with Crippen molar-refractivity contribution in [1.82, 2.24) is 4.98 Å². The van der Waals surface area contributed by atoms with Crippen LogP contribution in [0.5, 0.6) is 0 Å². The molecule has 0 atom stereocenters. The highest BCUT2D eigenvalue weighted by Crippen LogP contribution is 2.14. The molecular weight excluding hydrogens is 328 g/mol. The number of carbonyl (C=O) groups excluding carboxylic acids is 1. The fraction of sp³-hybridized carbons (Fsp3) is 0.111. The van der Waals surface area contributed by atoms with Gasteiger partial charge in [-0.15, -0.1) is 0 Å². The van der Waals surface area contributed by atoms with Gasteiger partial charge in [-0.3, -0.25) is 5.32 Å². The van der Waals surface area contributed by atoms with Gasteiger partial charge in [0.05, 0.1) is 5.69 Å². The summed E-state index contributed by atoms with van der Waals surface area (Å²) < 4.78 is 10.1. The van der Waals surface area contributed by atoms with Crippen LogP contribution in [0.15, 0.2) is 65.6 Å². The summed E-state index contributed by atoms with van der Waals surface area (Å²) in [5, 5.41) is 3.34. The zero-order chi connectivity index (χ0) is 16.8. The molecule has 0 saturated heterocycles. The van der Waals surface area contributed by atoms with E-state index in [4.69, 9.17) is 20.8 Å². The van der Waals surface area contributed by atoms with E-state index in [-0.39, 0.29) is 6.61 Å². The molecule has 0 saturated carbocycles. The second kappa shape index (κ2) is 7.66. The van der Waals surface area contributed by atoms with Crippen LogP contribution < -0.4 is 5.32 Å². The highest BCUT2D eigenvalue weighted by molar-refractivity contribution is 6.30. The summed E-state index contributed by atoms with van der Waals surface area (Å²) in [7, 11) is 0. The van der Waals surface area contributed by atoms with Crippen LogP contribution in [0.1, 0.15) is 16.8 Å². The average Bonchev–Trinajstić information content (AvgIpc) is 3.09. The first-order valence-electron chi connectivity index (χ1n) is 7.33. The minimum absolute atomic E-state index is 0.188. The third kappa shape index (κ3) is 4.60. The lowest BCUT2D eigenvalue weighted by molar-refractivity contribution is 0.155. The van der Waals surface area contributed by atoms with E-state index in [2.05, 4.69) is 10.3 Å². The Morgan fingerprint density at radius 3 is 2.46 bits per heavy atom. The number of oxazole rings is 1. The molecule has 3 aromatic rings. The maximum atomic E-state index is 11.8. The van der Waals surface area contributed by atoms with E-state index in [0.29, 0.717) is 17.1 Å². The van der Waals surface area contributed by atoms with E-state index in [1.807, 2.05) is 36.4 Å². The van der Waals surface area contributed by atoms with Crippen LogP contribution in [0.3, 0.4) is 0 Å². The van der Waals surface area contributed by atoms with Crippen LogP contribution in [-0.2, 0) is 17.8 Å². The highest BCUT2D eigenvalue weighted by atomic mass is 35.5. The Morgan fingerprint density at radius 2 is 1.79 bits per heavy atom. The molecule has 5 nitrogen and oxygen atoms in total. The van der Waals surface area contributed by atoms with Crippen LogP contribution in [-0.4, -0.2) is 11.1 Å². The molecule has 1 amide bonds. The molecule has 0 radical (unpaired) electrons. The number of amides is 1. The summed E-state index contributed by atoms with van der Waals surface area (Å²) >= 11 is 5.81. The summed E-state index contributed by atoms with van der Waals surface area (Å²) in [6, 6.07) is 14.6. The topological polar surface area (TPSA) is 64.4 Å². The number of nitrogens with one attached hydrogen (secondary N) is 1. The van der Waals surface area contributed by atoms with Crippen molar-refractivity contribution >= 4 is 23.4 Å². The van der Waals surface area contributed by atoms with Gasteiger partial charge in [0.2, 0.25) is 0 Å². The molecule has 24 heavy (non-hydrogen) atoms. The molecule has 0 aliphatic heterocycles. The van der Waals surface area contributed by atoms with Gasteiger partial charge in [0, 0.05) is 17.1 Å². The van der Waals surface area contributed by atoms with Crippen molar-refractivity contribution < 1.29 is 13.9 Å². The largest absolute Gasteiger partial charge is 0.451 e. The van der Waals surface area contributed by atoms with Crippen molar-refractivity contribution in [3.63, 3.8) is 0 Å². The molecule has 0 fully saturated rings. The molecular formula is C18H15ClN2O3. The third-order valence-corrected chi connectivity index (χ3v) is 3.60. The Balaban J connectivity index is 1.49. The maximum absolute atomic E-state index is 11.8. The third-order valence-electron chi connectivity index (χ3n) is 3.35. The second-order valence-electron chi connectivity index (χ2n) is 5.18. The monoisotopic (exact) mass is 342 g/mol. The molecule has 0 aliphatic rings. The number of benzene rings is 2. The molecule has 0 spiro atoms. The number of nitrogens with zero attached hydrogens (tertiary/aromatic N) is 1. The van der Waals surface area contributed by atoms with Crippen LogP contribution in [0.4, 0.5) is 10.5 Å². The van der Waals surface area contributed by atoms with Crippen LogP contribution in [0.2, 0.25) is 5.02 Å². The molecule has 1 heterocycles. The van der Waals surface area contributed by atoms with E-state index in [1.54, 1.807) is 18.4 Å². The van der Waals surface area contributed by atoms with Crippen molar-refractivity contribution in [2.75, 3.05) is 5.32 Å². The summed E-state index contributed by atoms with van der Waals surface area (Å²) in [4.78, 5) is 15.9. The second-order valence-corrected chi connectivity index (χ2v) is 5.62. The first-order chi connectivity index (χ1) is 11.7. The lowest BCUT2D eigenvalue weighted by Gasteiger charge is -2.08. The maximum Gasteiger partial charge on any atom is 0.411 e. The molecule has 0 unspecified atom stereocenters. The van der Waals surface area contributed by atoms with E-state index >= 15 is 0 Å². The molecule has 0 aliphatic carbocycles.